The van der Waals surface area contributed by atoms with E-state index in [2.05, 4.69) is 15.9 Å². The fourth-order valence-electron chi connectivity index (χ4n) is 1.66. The second kappa shape index (κ2) is 7.80. The number of ether oxygens (including phenoxy) is 1. The summed E-state index contributed by atoms with van der Waals surface area (Å²) in [5.74, 6) is -0.237. The first kappa shape index (κ1) is 14.6. The maximum absolute atomic E-state index is 13.0. The maximum Gasteiger partial charge on any atom is 0.137 e. The third-order valence-corrected chi connectivity index (χ3v) is 3.16. The number of hydrogen-bond donors (Lipinski definition) is 1. The molecule has 0 aromatic heterocycles. The lowest BCUT2D eigenvalue weighted by Crippen LogP contribution is -2.23. The molecule has 0 spiro atoms. The third-order valence-electron chi connectivity index (χ3n) is 2.55. The van der Waals surface area contributed by atoms with Gasteiger partial charge in [-0.25, -0.2) is 4.39 Å². The van der Waals surface area contributed by atoms with Gasteiger partial charge in [-0.05, 0) is 59.8 Å². The minimum absolute atomic E-state index is 0.104. The van der Waals surface area contributed by atoms with Crippen molar-refractivity contribution in [3.8, 4) is 0 Å². The molecule has 1 atom stereocenters. The zero-order chi connectivity index (χ0) is 12.7. The van der Waals surface area contributed by atoms with E-state index in [9.17, 15) is 4.39 Å². The van der Waals surface area contributed by atoms with Crippen molar-refractivity contribution in [2.45, 2.75) is 32.2 Å². The van der Waals surface area contributed by atoms with Crippen LogP contribution in [0.2, 0.25) is 0 Å². The molecule has 0 aliphatic heterocycles. The zero-order valence-corrected chi connectivity index (χ0v) is 11.7. The van der Waals surface area contributed by atoms with E-state index >= 15 is 0 Å². The average molecular weight is 304 g/mol. The highest BCUT2D eigenvalue weighted by molar-refractivity contribution is 9.10. The molecule has 2 N–H and O–H groups in total. The lowest BCUT2D eigenvalue weighted by molar-refractivity contribution is 0.142. The molecule has 0 bridgehead atoms. The number of halogens is 2. The molecular weight excluding hydrogens is 285 g/mol. The first-order valence-corrected chi connectivity index (χ1v) is 6.70. The molecule has 17 heavy (non-hydrogen) atoms. The molecule has 0 amide bonds. The van der Waals surface area contributed by atoms with Crippen LogP contribution in [0.15, 0.2) is 22.7 Å². The Morgan fingerprint density at radius 2 is 2.24 bits per heavy atom. The first-order valence-electron chi connectivity index (χ1n) is 5.90. The van der Waals surface area contributed by atoms with Crippen LogP contribution in [-0.2, 0) is 11.2 Å². The van der Waals surface area contributed by atoms with Crippen molar-refractivity contribution in [1.29, 1.82) is 0 Å². The summed E-state index contributed by atoms with van der Waals surface area (Å²) in [5.41, 5.74) is 7.07. The fraction of sp³-hybridized carbons (Fsp3) is 0.538. The average Bonchev–Trinajstić information content (AvgIpc) is 2.30. The van der Waals surface area contributed by atoms with Gasteiger partial charge in [0.15, 0.2) is 0 Å². The van der Waals surface area contributed by atoms with E-state index in [0.29, 0.717) is 4.47 Å². The Morgan fingerprint density at radius 3 is 2.88 bits per heavy atom. The summed E-state index contributed by atoms with van der Waals surface area (Å²) in [6.45, 7) is 3.49. The van der Waals surface area contributed by atoms with Gasteiger partial charge in [-0.2, -0.15) is 0 Å². The van der Waals surface area contributed by atoms with Crippen molar-refractivity contribution in [2.75, 3.05) is 13.2 Å². The Balaban J connectivity index is 2.34. The summed E-state index contributed by atoms with van der Waals surface area (Å²) >= 11 is 3.17. The van der Waals surface area contributed by atoms with Crippen LogP contribution in [0, 0.1) is 5.82 Å². The quantitative estimate of drug-likeness (QED) is 0.785. The van der Waals surface area contributed by atoms with E-state index < -0.39 is 0 Å². The van der Waals surface area contributed by atoms with Crippen molar-refractivity contribution >= 4 is 15.9 Å². The van der Waals surface area contributed by atoms with Gasteiger partial charge in [0, 0.05) is 19.3 Å². The first-order chi connectivity index (χ1) is 8.13. The molecule has 1 aromatic rings. The summed E-state index contributed by atoms with van der Waals surface area (Å²) in [7, 11) is 0. The van der Waals surface area contributed by atoms with Crippen LogP contribution in [0.25, 0.3) is 0 Å². The fourth-order valence-corrected chi connectivity index (χ4v) is 2.09. The van der Waals surface area contributed by atoms with Gasteiger partial charge in [-0.15, -0.1) is 0 Å². The van der Waals surface area contributed by atoms with Crippen LogP contribution < -0.4 is 5.73 Å². The largest absolute Gasteiger partial charge is 0.382 e. The van der Waals surface area contributed by atoms with E-state index in [0.717, 1.165) is 38.0 Å². The second-order valence-corrected chi connectivity index (χ2v) is 4.91. The summed E-state index contributed by atoms with van der Waals surface area (Å²) in [6.07, 6.45) is 2.66. The molecule has 0 saturated carbocycles. The Labute approximate surface area is 110 Å². The van der Waals surface area contributed by atoms with Gasteiger partial charge in [0.05, 0.1) is 4.47 Å². The number of hydrogen-bond acceptors (Lipinski definition) is 2. The van der Waals surface area contributed by atoms with Crippen LogP contribution >= 0.6 is 15.9 Å². The molecule has 0 heterocycles. The van der Waals surface area contributed by atoms with Crippen molar-refractivity contribution in [1.82, 2.24) is 0 Å². The molecule has 0 aliphatic carbocycles. The van der Waals surface area contributed by atoms with Crippen LogP contribution in [0.1, 0.15) is 25.3 Å². The normalized spacial score (nSPS) is 12.7. The van der Waals surface area contributed by atoms with Crippen LogP contribution in [0.4, 0.5) is 4.39 Å². The molecule has 1 unspecified atom stereocenters. The van der Waals surface area contributed by atoms with Crippen LogP contribution in [0.5, 0.6) is 0 Å². The van der Waals surface area contributed by atoms with Crippen LogP contribution in [0.3, 0.4) is 0 Å². The molecular formula is C13H19BrFNO. The summed E-state index contributed by atoms with van der Waals surface area (Å²) < 4.78 is 18.8. The van der Waals surface area contributed by atoms with Gasteiger partial charge in [0.25, 0.3) is 0 Å². The lowest BCUT2D eigenvalue weighted by atomic mass is 10.0. The zero-order valence-electron chi connectivity index (χ0n) is 10.1. The molecule has 0 saturated heterocycles. The van der Waals surface area contributed by atoms with Gasteiger partial charge >= 0.3 is 0 Å². The van der Waals surface area contributed by atoms with E-state index in [-0.39, 0.29) is 11.9 Å². The van der Waals surface area contributed by atoms with Crippen LogP contribution in [-0.4, -0.2) is 19.3 Å². The predicted molar refractivity (Wildman–Crippen MR) is 71.5 cm³/mol. The monoisotopic (exact) mass is 303 g/mol. The third kappa shape index (κ3) is 5.61. The number of rotatable bonds is 7. The van der Waals surface area contributed by atoms with E-state index in [1.54, 1.807) is 12.1 Å². The van der Waals surface area contributed by atoms with Gasteiger partial charge < -0.3 is 10.5 Å². The number of benzene rings is 1. The van der Waals surface area contributed by atoms with Gasteiger partial charge in [-0.3, -0.25) is 0 Å². The van der Waals surface area contributed by atoms with E-state index in [4.69, 9.17) is 10.5 Å². The lowest BCUT2D eigenvalue weighted by Gasteiger charge is -2.12. The van der Waals surface area contributed by atoms with Gasteiger partial charge in [-0.1, -0.05) is 6.07 Å². The number of nitrogens with two attached hydrogens (primary N) is 1. The summed E-state index contributed by atoms with van der Waals surface area (Å²) in [5, 5.41) is 0. The summed E-state index contributed by atoms with van der Waals surface area (Å²) in [6, 6.07) is 5.14. The van der Waals surface area contributed by atoms with Gasteiger partial charge in [0.2, 0.25) is 0 Å². The Hall–Kier alpha value is -0.450. The molecule has 2 nitrogen and oxygen atoms in total. The van der Waals surface area contributed by atoms with Crippen molar-refractivity contribution in [2.24, 2.45) is 5.73 Å². The molecule has 96 valence electrons. The maximum atomic E-state index is 13.0. The molecule has 1 aromatic carbocycles. The highest BCUT2D eigenvalue weighted by atomic mass is 79.9. The minimum atomic E-state index is -0.237. The molecule has 1 rings (SSSR count). The predicted octanol–water partition coefficient (Wildman–Crippen LogP) is 3.27. The van der Waals surface area contributed by atoms with Crippen molar-refractivity contribution < 1.29 is 9.13 Å². The molecule has 0 aliphatic rings. The van der Waals surface area contributed by atoms with E-state index in [1.165, 1.54) is 6.07 Å². The highest BCUT2D eigenvalue weighted by Gasteiger charge is 2.06. The highest BCUT2D eigenvalue weighted by Crippen LogP contribution is 2.18. The SMILES string of the molecule is CCOCCCC(N)Cc1ccc(F)c(Br)c1. The minimum Gasteiger partial charge on any atom is -0.382 e. The Bertz CT molecular complexity index is 346. The van der Waals surface area contributed by atoms with Crippen molar-refractivity contribution in [3.63, 3.8) is 0 Å². The van der Waals surface area contributed by atoms with Gasteiger partial charge in [0.1, 0.15) is 5.82 Å². The van der Waals surface area contributed by atoms with E-state index in [1.807, 2.05) is 6.92 Å². The second-order valence-electron chi connectivity index (χ2n) is 4.05. The topological polar surface area (TPSA) is 35.2 Å². The Morgan fingerprint density at radius 1 is 1.47 bits per heavy atom. The van der Waals surface area contributed by atoms with Crippen molar-refractivity contribution in [3.05, 3.63) is 34.1 Å². The standard InChI is InChI=1S/C13H19BrFNO/c1-2-17-7-3-4-11(16)8-10-5-6-13(15)12(14)9-10/h5-6,9,11H,2-4,7-8,16H2,1H3. The smallest absolute Gasteiger partial charge is 0.137 e. The Kier molecular flexibility index (Phi) is 6.70. The molecule has 0 fully saturated rings. The molecule has 4 heteroatoms. The molecule has 0 radical (unpaired) electrons. The summed E-state index contributed by atoms with van der Waals surface area (Å²) in [4.78, 5) is 0.